The second kappa shape index (κ2) is 4.65. The molecule has 0 aromatic heterocycles. The van der Waals surface area contributed by atoms with Crippen molar-refractivity contribution in [1.82, 2.24) is 5.32 Å². The van der Waals surface area contributed by atoms with Crippen molar-refractivity contribution in [3.63, 3.8) is 0 Å². The van der Waals surface area contributed by atoms with E-state index in [-0.39, 0.29) is 0 Å². The fraction of sp³-hybridized carbons (Fsp3) is 1.00. The van der Waals surface area contributed by atoms with Gasteiger partial charge in [0.15, 0.2) is 0 Å². The van der Waals surface area contributed by atoms with Gasteiger partial charge >= 0.3 is 0 Å². The van der Waals surface area contributed by atoms with Crippen LogP contribution in [0, 0.1) is 11.8 Å². The Hall–Kier alpha value is -0.0400. The van der Waals surface area contributed by atoms with Crippen molar-refractivity contribution in [2.45, 2.75) is 70.9 Å². The van der Waals surface area contributed by atoms with Crippen LogP contribution in [-0.2, 0) is 0 Å². The van der Waals surface area contributed by atoms with E-state index in [1.165, 1.54) is 44.9 Å². The molecule has 2 rings (SSSR count). The van der Waals surface area contributed by atoms with Gasteiger partial charge in [-0.25, -0.2) is 0 Å². The van der Waals surface area contributed by atoms with Crippen LogP contribution < -0.4 is 5.32 Å². The van der Waals surface area contributed by atoms with E-state index in [4.69, 9.17) is 0 Å². The van der Waals surface area contributed by atoms with E-state index < -0.39 is 0 Å². The lowest BCUT2D eigenvalue weighted by Gasteiger charge is -2.30. The lowest BCUT2D eigenvalue weighted by Crippen LogP contribution is -2.38. The SMILES string of the molecule is CCC(NC1CC1C)C1CCCCC1. The summed E-state index contributed by atoms with van der Waals surface area (Å²) in [6.45, 7) is 4.71. The topological polar surface area (TPSA) is 12.0 Å². The van der Waals surface area contributed by atoms with Gasteiger partial charge in [0.1, 0.15) is 0 Å². The Labute approximate surface area is 88.7 Å². The van der Waals surface area contributed by atoms with Gasteiger partial charge in [-0.2, -0.15) is 0 Å². The van der Waals surface area contributed by atoms with Crippen molar-refractivity contribution < 1.29 is 0 Å². The predicted molar refractivity (Wildman–Crippen MR) is 61.4 cm³/mol. The molecule has 1 nitrogen and oxygen atoms in total. The zero-order chi connectivity index (χ0) is 9.97. The van der Waals surface area contributed by atoms with E-state index in [0.717, 1.165) is 23.9 Å². The first-order valence-corrected chi connectivity index (χ1v) is 6.57. The van der Waals surface area contributed by atoms with E-state index >= 15 is 0 Å². The molecule has 1 heteroatoms. The maximum Gasteiger partial charge on any atom is 0.00990 e. The molecule has 0 spiro atoms. The summed E-state index contributed by atoms with van der Waals surface area (Å²) in [6.07, 6.45) is 10.1. The molecule has 0 bridgehead atoms. The summed E-state index contributed by atoms with van der Waals surface area (Å²) < 4.78 is 0. The van der Waals surface area contributed by atoms with Crippen molar-refractivity contribution in [1.29, 1.82) is 0 Å². The van der Waals surface area contributed by atoms with Crippen molar-refractivity contribution >= 4 is 0 Å². The lowest BCUT2D eigenvalue weighted by molar-refractivity contribution is 0.259. The van der Waals surface area contributed by atoms with Gasteiger partial charge in [0.25, 0.3) is 0 Å². The van der Waals surface area contributed by atoms with E-state index in [2.05, 4.69) is 19.2 Å². The van der Waals surface area contributed by atoms with Crippen LogP contribution in [0.2, 0.25) is 0 Å². The molecule has 0 radical (unpaired) electrons. The normalized spacial score (nSPS) is 35.6. The van der Waals surface area contributed by atoms with Crippen LogP contribution >= 0.6 is 0 Å². The number of hydrogen-bond donors (Lipinski definition) is 1. The molecular weight excluding hydrogens is 170 g/mol. The smallest absolute Gasteiger partial charge is 0.00990 e. The van der Waals surface area contributed by atoms with Crippen LogP contribution in [0.5, 0.6) is 0 Å². The Bertz CT molecular complexity index is 172. The summed E-state index contributed by atoms with van der Waals surface area (Å²) >= 11 is 0. The zero-order valence-electron chi connectivity index (χ0n) is 9.76. The first-order valence-electron chi connectivity index (χ1n) is 6.57. The molecule has 2 aliphatic carbocycles. The fourth-order valence-corrected chi connectivity index (χ4v) is 2.95. The number of hydrogen-bond acceptors (Lipinski definition) is 1. The quantitative estimate of drug-likeness (QED) is 0.725. The molecule has 2 fully saturated rings. The zero-order valence-corrected chi connectivity index (χ0v) is 9.76. The van der Waals surface area contributed by atoms with Gasteiger partial charge in [-0.05, 0) is 37.5 Å². The molecule has 0 aromatic carbocycles. The van der Waals surface area contributed by atoms with Crippen molar-refractivity contribution in [3.05, 3.63) is 0 Å². The summed E-state index contributed by atoms with van der Waals surface area (Å²) in [4.78, 5) is 0. The first kappa shape index (κ1) is 10.5. The van der Waals surface area contributed by atoms with E-state index in [9.17, 15) is 0 Å². The Morgan fingerprint density at radius 2 is 1.86 bits per heavy atom. The van der Waals surface area contributed by atoms with Gasteiger partial charge in [0, 0.05) is 12.1 Å². The van der Waals surface area contributed by atoms with Crippen LogP contribution in [0.4, 0.5) is 0 Å². The number of nitrogens with one attached hydrogen (secondary N) is 1. The molecule has 0 amide bonds. The molecule has 0 aromatic rings. The molecule has 2 aliphatic rings. The minimum absolute atomic E-state index is 0.824. The highest BCUT2D eigenvalue weighted by Gasteiger charge is 2.35. The monoisotopic (exact) mass is 195 g/mol. The third-order valence-electron chi connectivity index (χ3n) is 4.20. The van der Waals surface area contributed by atoms with Gasteiger partial charge in [-0.3, -0.25) is 0 Å². The molecule has 3 unspecified atom stereocenters. The molecular formula is C13H25N. The molecule has 2 saturated carbocycles. The molecule has 1 N–H and O–H groups in total. The van der Waals surface area contributed by atoms with E-state index in [1.54, 1.807) is 0 Å². The Balaban J connectivity index is 1.78. The molecule has 14 heavy (non-hydrogen) atoms. The van der Waals surface area contributed by atoms with Gasteiger partial charge < -0.3 is 5.32 Å². The average molecular weight is 195 g/mol. The summed E-state index contributed by atoms with van der Waals surface area (Å²) in [7, 11) is 0. The molecule has 3 atom stereocenters. The maximum absolute atomic E-state index is 3.86. The Morgan fingerprint density at radius 3 is 2.36 bits per heavy atom. The van der Waals surface area contributed by atoms with Gasteiger partial charge in [0.2, 0.25) is 0 Å². The molecule has 82 valence electrons. The minimum Gasteiger partial charge on any atom is -0.311 e. The highest BCUT2D eigenvalue weighted by molar-refractivity contribution is 4.93. The highest BCUT2D eigenvalue weighted by atomic mass is 15.0. The summed E-state index contributed by atoms with van der Waals surface area (Å²) in [5.74, 6) is 1.94. The second-order valence-electron chi connectivity index (χ2n) is 5.40. The molecule has 0 heterocycles. The fourth-order valence-electron chi connectivity index (χ4n) is 2.95. The maximum atomic E-state index is 3.86. The van der Waals surface area contributed by atoms with E-state index in [1.807, 2.05) is 0 Å². The van der Waals surface area contributed by atoms with Crippen LogP contribution in [0.1, 0.15) is 58.8 Å². The van der Waals surface area contributed by atoms with E-state index in [0.29, 0.717) is 0 Å². The lowest BCUT2D eigenvalue weighted by atomic mass is 9.83. The predicted octanol–water partition coefficient (Wildman–Crippen LogP) is 3.34. The molecule has 0 saturated heterocycles. The Morgan fingerprint density at radius 1 is 1.21 bits per heavy atom. The van der Waals surface area contributed by atoms with Gasteiger partial charge in [-0.15, -0.1) is 0 Å². The summed E-state index contributed by atoms with van der Waals surface area (Å²) in [5, 5.41) is 3.86. The van der Waals surface area contributed by atoms with Crippen LogP contribution in [0.25, 0.3) is 0 Å². The van der Waals surface area contributed by atoms with Crippen molar-refractivity contribution in [2.24, 2.45) is 11.8 Å². The number of rotatable bonds is 4. The van der Waals surface area contributed by atoms with Gasteiger partial charge in [-0.1, -0.05) is 33.1 Å². The summed E-state index contributed by atoms with van der Waals surface area (Å²) in [5.41, 5.74) is 0. The van der Waals surface area contributed by atoms with Gasteiger partial charge in [0.05, 0.1) is 0 Å². The van der Waals surface area contributed by atoms with Crippen LogP contribution in [0.3, 0.4) is 0 Å². The third-order valence-corrected chi connectivity index (χ3v) is 4.20. The minimum atomic E-state index is 0.824. The Kier molecular flexibility index (Phi) is 3.48. The van der Waals surface area contributed by atoms with Crippen LogP contribution in [0.15, 0.2) is 0 Å². The summed E-state index contributed by atoms with van der Waals surface area (Å²) in [6, 6.07) is 1.69. The van der Waals surface area contributed by atoms with Crippen LogP contribution in [-0.4, -0.2) is 12.1 Å². The molecule has 0 aliphatic heterocycles. The third kappa shape index (κ3) is 2.50. The highest BCUT2D eigenvalue weighted by Crippen LogP contribution is 2.33. The van der Waals surface area contributed by atoms with Crippen molar-refractivity contribution in [2.75, 3.05) is 0 Å². The standard InChI is InChI=1S/C13H25N/c1-3-12(14-13-9-10(13)2)11-7-5-4-6-8-11/h10-14H,3-9H2,1-2H3. The largest absolute Gasteiger partial charge is 0.311 e. The second-order valence-corrected chi connectivity index (χ2v) is 5.40. The first-order chi connectivity index (χ1) is 6.81. The van der Waals surface area contributed by atoms with Crippen molar-refractivity contribution in [3.8, 4) is 0 Å². The average Bonchev–Trinajstić information content (AvgIpc) is 2.92.